The van der Waals surface area contributed by atoms with Crippen LogP contribution in [0.1, 0.15) is 38.3 Å². The van der Waals surface area contributed by atoms with Crippen LogP contribution in [0.5, 0.6) is 0 Å². The zero-order chi connectivity index (χ0) is 12.3. The molecule has 1 saturated heterocycles. The Kier molecular flexibility index (Phi) is 4.06. The molecule has 1 heterocycles. The standard InChI is InChI=1S/C15H24N2/c1-12-8-10-17(11-9-12)15-6-4-14(5-7-15)13(2)16-3/h4-7,12-13,16H,8-11H2,1-3H3. The lowest BCUT2D eigenvalue weighted by Gasteiger charge is -2.32. The molecule has 1 atom stereocenters. The first-order valence-electron chi connectivity index (χ1n) is 6.73. The Hall–Kier alpha value is -1.02. The molecule has 0 radical (unpaired) electrons. The van der Waals surface area contributed by atoms with Crippen LogP contribution in [0.2, 0.25) is 0 Å². The molecule has 0 saturated carbocycles. The van der Waals surface area contributed by atoms with Crippen LogP contribution in [0.4, 0.5) is 5.69 Å². The monoisotopic (exact) mass is 232 g/mol. The van der Waals surface area contributed by atoms with Gasteiger partial charge in [0.15, 0.2) is 0 Å². The van der Waals surface area contributed by atoms with Gasteiger partial charge < -0.3 is 10.2 Å². The molecule has 1 N–H and O–H groups in total. The molecule has 2 heteroatoms. The highest BCUT2D eigenvalue weighted by Crippen LogP contribution is 2.24. The fourth-order valence-corrected chi connectivity index (χ4v) is 2.41. The van der Waals surface area contributed by atoms with Crippen molar-refractivity contribution in [3.05, 3.63) is 29.8 Å². The molecule has 0 spiro atoms. The molecule has 1 fully saturated rings. The summed E-state index contributed by atoms with van der Waals surface area (Å²) in [6.45, 7) is 6.97. The molecule has 1 aromatic carbocycles. The Bertz CT molecular complexity index is 336. The number of hydrogen-bond donors (Lipinski definition) is 1. The molecular formula is C15H24N2. The molecular weight excluding hydrogens is 208 g/mol. The molecule has 0 aromatic heterocycles. The van der Waals surface area contributed by atoms with Gasteiger partial charge >= 0.3 is 0 Å². The van der Waals surface area contributed by atoms with Gasteiger partial charge in [-0.25, -0.2) is 0 Å². The van der Waals surface area contributed by atoms with Gasteiger partial charge in [-0.1, -0.05) is 19.1 Å². The number of benzene rings is 1. The molecule has 0 amide bonds. The summed E-state index contributed by atoms with van der Waals surface area (Å²) in [6, 6.07) is 9.45. The van der Waals surface area contributed by atoms with Gasteiger partial charge in [0.2, 0.25) is 0 Å². The average Bonchev–Trinajstić information content (AvgIpc) is 2.39. The number of piperidine rings is 1. The van der Waals surface area contributed by atoms with E-state index in [1.807, 2.05) is 7.05 Å². The van der Waals surface area contributed by atoms with Gasteiger partial charge in [-0.3, -0.25) is 0 Å². The lowest BCUT2D eigenvalue weighted by atomic mass is 9.98. The maximum Gasteiger partial charge on any atom is 0.0366 e. The van der Waals surface area contributed by atoms with Crippen molar-refractivity contribution in [1.29, 1.82) is 0 Å². The Morgan fingerprint density at radius 2 is 1.76 bits per heavy atom. The second-order valence-corrected chi connectivity index (χ2v) is 5.27. The van der Waals surface area contributed by atoms with Gasteiger partial charge in [-0.05, 0) is 50.4 Å². The van der Waals surface area contributed by atoms with Gasteiger partial charge in [0.05, 0.1) is 0 Å². The minimum Gasteiger partial charge on any atom is -0.372 e. The van der Waals surface area contributed by atoms with Crippen molar-refractivity contribution in [1.82, 2.24) is 5.32 Å². The van der Waals surface area contributed by atoms with Gasteiger partial charge in [-0.15, -0.1) is 0 Å². The zero-order valence-corrected chi connectivity index (χ0v) is 11.2. The molecule has 0 bridgehead atoms. The maximum atomic E-state index is 3.27. The van der Waals surface area contributed by atoms with Crippen molar-refractivity contribution < 1.29 is 0 Å². The van der Waals surface area contributed by atoms with Crippen LogP contribution < -0.4 is 10.2 Å². The summed E-state index contributed by atoms with van der Waals surface area (Å²) in [5.41, 5.74) is 2.74. The van der Waals surface area contributed by atoms with E-state index in [1.54, 1.807) is 0 Å². The molecule has 94 valence electrons. The molecule has 17 heavy (non-hydrogen) atoms. The second kappa shape index (κ2) is 5.54. The van der Waals surface area contributed by atoms with Gasteiger partial charge in [0, 0.05) is 24.8 Å². The van der Waals surface area contributed by atoms with E-state index in [0.717, 1.165) is 5.92 Å². The van der Waals surface area contributed by atoms with Crippen LogP contribution in [0, 0.1) is 5.92 Å². The zero-order valence-electron chi connectivity index (χ0n) is 11.2. The van der Waals surface area contributed by atoms with Crippen LogP contribution in [-0.4, -0.2) is 20.1 Å². The van der Waals surface area contributed by atoms with Crippen LogP contribution in [0.25, 0.3) is 0 Å². The molecule has 1 unspecified atom stereocenters. The summed E-state index contributed by atoms with van der Waals surface area (Å²) in [5.74, 6) is 0.898. The number of nitrogens with zero attached hydrogens (tertiary/aromatic N) is 1. The summed E-state index contributed by atoms with van der Waals surface area (Å²) in [4.78, 5) is 2.51. The van der Waals surface area contributed by atoms with Crippen molar-refractivity contribution in [2.24, 2.45) is 5.92 Å². The van der Waals surface area contributed by atoms with E-state index in [9.17, 15) is 0 Å². The van der Waals surface area contributed by atoms with E-state index >= 15 is 0 Å². The minimum absolute atomic E-state index is 0.436. The first-order valence-corrected chi connectivity index (χ1v) is 6.73. The summed E-state index contributed by atoms with van der Waals surface area (Å²) < 4.78 is 0. The first kappa shape index (κ1) is 12.4. The maximum absolute atomic E-state index is 3.27. The van der Waals surface area contributed by atoms with E-state index in [0.29, 0.717) is 6.04 Å². The van der Waals surface area contributed by atoms with Gasteiger partial charge in [-0.2, -0.15) is 0 Å². The third kappa shape index (κ3) is 3.01. The summed E-state index contributed by atoms with van der Waals surface area (Å²) in [7, 11) is 2.00. The average molecular weight is 232 g/mol. The van der Waals surface area contributed by atoms with Crippen LogP contribution >= 0.6 is 0 Å². The molecule has 0 aliphatic carbocycles. The van der Waals surface area contributed by atoms with Gasteiger partial charge in [0.1, 0.15) is 0 Å². The third-order valence-corrected chi connectivity index (χ3v) is 3.97. The normalized spacial score (nSPS) is 19.4. The fraction of sp³-hybridized carbons (Fsp3) is 0.600. The minimum atomic E-state index is 0.436. The molecule has 2 nitrogen and oxygen atoms in total. The quantitative estimate of drug-likeness (QED) is 0.861. The first-order chi connectivity index (χ1) is 8.20. The fourth-order valence-electron chi connectivity index (χ4n) is 2.41. The van der Waals surface area contributed by atoms with E-state index in [-0.39, 0.29) is 0 Å². The largest absolute Gasteiger partial charge is 0.372 e. The Balaban J connectivity index is 2.02. The Morgan fingerprint density at radius 3 is 2.29 bits per heavy atom. The van der Waals surface area contributed by atoms with E-state index in [1.165, 1.54) is 37.2 Å². The van der Waals surface area contributed by atoms with E-state index < -0.39 is 0 Å². The van der Waals surface area contributed by atoms with Crippen LogP contribution in [-0.2, 0) is 0 Å². The smallest absolute Gasteiger partial charge is 0.0366 e. The predicted octanol–water partition coefficient (Wildman–Crippen LogP) is 3.20. The summed E-state index contributed by atoms with van der Waals surface area (Å²) in [5, 5.41) is 3.27. The SMILES string of the molecule is CNC(C)c1ccc(N2CCC(C)CC2)cc1. The molecule has 1 aliphatic rings. The van der Waals surface area contributed by atoms with E-state index in [2.05, 4.69) is 48.3 Å². The molecule has 2 rings (SSSR count). The highest BCUT2D eigenvalue weighted by Gasteiger charge is 2.15. The number of nitrogens with one attached hydrogen (secondary N) is 1. The topological polar surface area (TPSA) is 15.3 Å². The van der Waals surface area contributed by atoms with Crippen molar-refractivity contribution in [3.8, 4) is 0 Å². The number of rotatable bonds is 3. The lowest BCUT2D eigenvalue weighted by Crippen LogP contribution is -2.32. The summed E-state index contributed by atoms with van der Waals surface area (Å²) in [6.07, 6.45) is 2.66. The lowest BCUT2D eigenvalue weighted by molar-refractivity contribution is 0.438. The van der Waals surface area contributed by atoms with Crippen LogP contribution in [0.15, 0.2) is 24.3 Å². The Labute approximate surface area is 105 Å². The van der Waals surface area contributed by atoms with E-state index in [4.69, 9.17) is 0 Å². The van der Waals surface area contributed by atoms with Crippen molar-refractivity contribution in [2.75, 3.05) is 25.0 Å². The number of hydrogen-bond acceptors (Lipinski definition) is 2. The Morgan fingerprint density at radius 1 is 1.18 bits per heavy atom. The van der Waals surface area contributed by atoms with Crippen molar-refractivity contribution >= 4 is 5.69 Å². The van der Waals surface area contributed by atoms with Crippen molar-refractivity contribution in [2.45, 2.75) is 32.7 Å². The summed E-state index contributed by atoms with van der Waals surface area (Å²) >= 11 is 0. The second-order valence-electron chi connectivity index (χ2n) is 5.27. The van der Waals surface area contributed by atoms with Gasteiger partial charge in [0.25, 0.3) is 0 Å². The molecule has 1 aromatic rings. The molecule has 1 aliphatic heterocycles. The predicted molar refractivity (Wildman–Crippen MR) is 74.5 cm³/mol. The van der Waals surface area contributed by atoms with Crippen molar-refractivity contribution in [3.63, 3.8) is 0 Å². The number of anilines is 1. The van der Waals surface area contributed by atoms with Crippen LogP contribution in [0.3, 0.4) is 0 Å². The highest BCUT2D eigenvalue weighted by molar-refractivity contribution is 5.48. The highest BCUT2D eigenvalue weighted by atomic mass is 15.1. The third-order valence-electron chi connectivity index (χ3n) is 3.97.